The Hall–Kier alpha value is -2.18. The van der Waals surface area contributed by atoms with Gasteiger partial charge in [0.2, 0.25) is 0 Å². The smallest absolute Gasteiger partial charge is 0.456 e. The van der Waals surface area contributed by atoms with Crippen LogP contribution in [0, 0.1) is 0 Å². The summed E-state index contributed by atoms with van der Waals surface area (Å²) in [7, 11) is 1.79. The average molecular weight is 412 g/mol. The number of carbonyl (C=O) groups is 2. The van der Waals surface area contributed by atoms with E-state index >= 15 is 0 Å². The zero-order valence-corrected chi connectivity index (χ0v) is 16.9. The first kappa shape index (κ1) is 19.6. The molecule has 0 fully saturated rings. The van der Waals surface area contributed by atoms with Crippen molar-refractivity contribution in [3.05, 3.63) is 56.5 Å². The van der Waals surface area contributed by atoms with Gasteiger partial charge in [-0.1, -0.05) is 29.3 Å². The zero-order chi connectivity index (χ0) is 19.9. The van der Waals surface area contributed by atoms with Gasteiger partial charge in [0, 0.05) is 7.05 Å². The van der Waals surface area contributed by atoms with Gasteiger partial charge in [0.1, 0.15) is 12.4 Å². The van der Waals surface area contributed by atoms with Crippen molar-refractivity contribution in [1.82, 2.24) is 4.90 Å². The largest absolute Gasteiger partial charge is 0.513 e. The average Bonchev–Trinajstić information content (AvgIpc) is 2.96. The summed E-state index contributed by atoms with van der Waals surface area (Å²) in [6.45, 7) is 5.40. The minimum absolute atomic E-state index is 0.156. The van der Waals surface area contributed by atoms with E-state index in [2.05, 4.69) is 0 Å². The molecule has 0 radical (unpaired) electrons. The van der Waals surface area contributed by atoms with Crippen molar-refractivity contribution < 1.29 is 23.8 Å². The molecule has 0 aromatic heterocycles. The number of cyclic esters (lactones) is 1. The second-order valence-electron chi connectivity index (χ2n) is 6.57. The van der Waals surface area contributed by atoms with Gasteiger partial charge in [-0.3, -0.25) is 0 Å². The normalized spacial score (nSPS) is 19.4. The fourth-order valence-corrected chi connectivity index (χ4v) is 3.43. The van der Waals surface area contributed by atoms with Gasteiger partial charge < -0.3 is 19.1 Å². The van der Waals surface area contributed by atoms with Crippen LogP contribution >= 0.6 is 23.2 Å². The van der Waals surface area contributed by atoms with E-state index in [1.165, 1.54) is 0 Å². The fraction of sp³-hybridized carbons (Fsp3) is 0.368. The van der Waals surface area contributed by atoms with E-state index in [4.69, 9.17) is 37.4 Å². The van der Waals surface area contributed by atoms with Crippen LogP contribution in [-0.2, 0) is 19.0 Å². The van der Waals surface area contributed by atoms with Crippen LogP contribution in [0.3, 0.4) is 0 Å². The number of ether oxygens (including phenoxy) is 3. The maximum absolute atomic E-state index is 12.4. The Morgan fingerprint density at radius 2 is 2.00 bits per heavy atom. The van der Waals surface area contributed by atoms with E-state index in [1.807, 2.05) is 0 Å². The molecule has 2 aliphatic heterocycles. The van der Waals surface area contributed by atoms with Gasteiger partial charge in [0.05, 0.1) is 39.0 Å². The van der Waals surface area contributed by atoms with E-state index in [1.54, 1.807) is 50.9 Å². The Kier molecular flexibility index (Phi) is 5.40. The highest BCUT2D eigenvalue weighted by molar-refractivity contribution is 6.42. The van der Waals surface area contributed by atoms with Gasteiger partial charge in [-0.25, -0.2) is 9.59 Å². The minimum atomic E-state index is -0.840. The minimum Gasteiger partial charge on any atom is -0.456 e. The van der Waals surface area contributed by atoms with E-state index in [9.17, 15) is 9.59 Å². The quantitative estimate of drug-likeness (QED) is 0.675. The van der Waals surface area contributed by atoms with Crippen molar-refractivity contribution in [2.75, 3.05) is 13.7 Å². The van der Waals surface area contributed by atoms with Crippen LogP contribution in [-0.4, -0.2) is 36.8 Å². The number of hydrogen-bond acceptors (Lipinski definition) is 6. The van der Waals surface area contributed by atoms with Crippen molar-refractivity contribution in [1.29, 1.82) is 0 Å². The zero-order valence-electron chi connectivity index (χ0n) is 15.3. The molecule has 0 saturated heterocycles. The van der Waals surface area contributed by atoms with Crippen LogP contribution in [0.4, 0.5) is 4.79 Å². The van der Waals surface area contributed by atoms with Gasteiger partial charge in [0.15, 0.2) is 0 Å². The lowest BCUT2D eigenvalue weighted by molar-refractivity contribution is -0.136. The molecule has 2 heterocycles. The number of benzene rings is 1. The van der Waals surface area contributed by atoms with Gasteiger partial charge in [0.25, 0.3) is 0 Å². The molecule has 3 rings (SSSR count). The summed E-state index contributed by atoms with van der Waals surface area (Å²) in [4.78, 5) is 26.4. The molecule has 8 heteroatoms. The van der Waals surface area contributed by atoms with Gasteiger partial charge in [-0.05, 0) is 38.5 Å². The van der Waals surface area contributed by atoms with Crippen molar-refractivity contribution in [2.24, 2.45) is 0 Å². The molecule has 6 nitrogen and oxygen atoms in total. The first-order chi connectivity index (χ1) is 12.7. The molecule has 0 saturated carbocycles. The molecule has 27 heavy (non-hydrogen) atoms. The van der Waals surface area contributed by atoms with E-state index in [-0.39, 0.29) is 12.7 Å². The molecular formula is C19H19Cl2NO5. The summed E-state index contributed by atoms with van der Waals surface area (Å²) >= 11 is 12.2. The van der Waals surface area contributed by atoms with Crippen molar-refractivity contribution in [3.8, 4) is 0 Å². The third-order valence-electron chi connectivity index (χ3n) is 4.49. The van der Waals surface area contributed by atoms with E-state index in [0.717, 1.165) is 5.70 Å². The number of esters is 1. The van der Waals surface area contributed by atoms with Crippen molar-refractivity contribution in [2.45, 2.75) is 32.8 Å². The number of halogens is 2. The number of allylic oxidation sites excluding steroid dienone is 2. The van der Waals surface area contributed by atoms with Crippen LogP contribution in [0.25, 0.3) is 0 Å². The standard InChI is InChI=1S/C19H19Cl2NO5/c1-9(2)26-19(24)27-17-10(3)22(4)14-8-25-18(23)16(14)15(17)11-5-6-12(20)13(21)7-11/h5-7,9,15H,8H2,1-4H3. The monoisotopic (exact) mass is 411 g/mol. The van der Waals surface area contributed by atoms with Crippen LogP contribution in [0.1, 0.15) is 32.3 Å². The van der Waals surface area contributed by atoms with Crippen LogP contribution in [0.2, 0.25) is 10.0 Å². The SMILES string of the molecule is CC1=C(OC(=O)OC(C)C)C(c2ccc(Cl)c(Cl)c2)C2=C(COC2=O)N1C. The molecule has 0 bridgehead atoms. The summed E-state index contributed by atoms with van der Waals surface area (Å²) in [5.41, 5.74) is 2.46. The number of rotatable bonds is 3. The lowest BCUT2D eigenvalue weighted by Gasteiger charge is -2.33. The van der Waals surface area contributed by atoms with E-state index < -0.39 is 18.0 Å². The Morgan fingerprint density at radius 3 is 2.63 bits per heavy atom. The van der Waals surface area contributed by atoms with Gasteiger partial charge in [-0.15, -0.1) is 0 Å². The summed E-state index contributed by atoms with van der Waals surface area (Å²) in [6.07, 6.45) is -1.18. The molecular weight excluding hydrogens is 393 g/mol. The number of hydrogen-bond donors (Lipinski definition) is 0. The predicted octanol–water partition coefficient (Wildman–Crippen LogP) is 4.63. The molecule has 0 N–H and O–H groups in total. The molecule has 144 valence electrons. The molecule has 0 amide bonds. The molecule has 2 aliphatic rings. The summed E-state index contributed by atoms with van der Waals surface area (Å²) < 4.78 is 15.9. The highest BCUT2D eigenvalue weighted by atomic mass is 35.5. The Bertz CT molecular complexity index is 875. The second kappa shape index (κ2) is 7.44. The number of nitrogens with zero attached hydrogens (tertiary/aromatic N) is 1. The fourth-order valence-electron chi connectivity index (χ4n) is 3.13. The maximum atomic E-state index is 12.4. The summed E-state index contributed by atoms with van der Waals surface area (Å²) in [5, 5.41) is 0.724. The summed E-state index contributed by atoms with van der Waals surface area (Å²) in [5.74, 6) is -0.821. The molecule has 1 atom stereocenters. The topological polar surface area (TPSA) is 65.1 Å². The lowest BCUT2D eigenvalue weighted by Crippen LogP contribution is -2.30. The molecule has 1 aromatic carbocycles. The first-order valence-corrected chi connectivity index (χ1v) is 9.14. The first-order valence-electron chi connectivity index (χ1n) is 8.38. The maximum Gasteiger partial charge on any atom is 0.513 e. The number of carbonyl (C=O) groups excluding carboxylic acids is 2. The third kappa shape index (κ3) is 3.64. The van der Waals surface area contributed by atoms with Crippen LogP contribution in [0.15, 0.2) is 40.9 Å². The van der Waals surface area contributed by atoms with E-state index in [0.29, 0.717) is 32.6 Å². The van der Waals surface area contributed by atoms with Crippen molar-refractivity contribution in [3.63, 3.8) is 0 Å². The lowest BCUT2D eigenvalue weighted by atomic mass is 9.85. The highest BCUT2D eigenvalue weighted by Gasteiger charge is 2.43. The van der Waals surface area contributed by atoms with Crippen LogP contribution < -0.4 is 0 Å². The Balaban J connectivity index is 2.11. The third-order valence-corrected chi connectivity index (χ3v) is 5.23. The highest BCUT2D eigenvalue weighted by Crippen LogP contribution is 2.45. The van der Waals surface area contributed by atoms with Gasteiger partial charge >= 0.3 is 12.1 Å². The second-order valence-corrected chi connectivity index (χ2v) is 7.38. The molecule has 1 aromatic rings. The molecule has 0 spiro atoms. The van der Waals surface area contributed by atoms with Gasteiger partial charge in [-0.2, -0.15) is 0 Å². The Morgan fingerprint density at radius 1 is 1.30 bits per heavy atom. The molecule has 1 unspecified atom stereocenters. The molecule has 0 aliphatic carbocycles. The number of likely N-dealkylation sites (N-methyl/N-ethyl adjacent to an activating group) is 1. The Labute approximate surface area is 167 Å². The van der Waals surface area contributed by atoms with Crippen LogP contribution in [0.5, 0.6) is 0 Å². The predicted molar refractivity (Wildman–Crippen MR) is 100 cm³/mol. The van der Waals surface area contributed by atoms with Crippen molar-refractivity contribution >= 4 is 35.3 Å². The summed E-state index contributed by atoms with van der Waals surface area (Å²) in [6, 6.07) is 5.03.